The lowest BCUT2D eigenvalue weighted by Crippen LogP contribution is -2.23. The zero-order valence-corrected chi connectivity index (χ0v) is 10.1. The van der Waals surface area contributed by atoms with Crippen molar-refractivity contribution in [1.82, 2.24) is 0 Å². The van der Waals surface area contributed by atoms with Crippen LogP contribution in [0.15, 0.2) is 42.5 Å². The van der Waals surface area contributed by atoms with E-state index >= 15 is 0 Å². The lowest BCUT2D eigenvalue weighted by molar-refractivity contribution is -0.140. The quantitative estimate of drug-likeness (QED) is 0.662. The summed E-state index contributed by atoms with van der Waals surface area (Å²) in [5, 5.41) is 11.0. The van der Waals surface area contributed by atoms with E-state index in [1.165, 1.54) is 0 Å². The van der Waals surface area contributed by atoms with Crippen molar-refractivity contribution < 1.29 is 14.7 Å². The molecule has 0 bridgehead atoms. The number of fused-ring (bicyclic) bond motifs is 1. The van der Waals surface area contributed by atoms with Gasteiger partial charge in [0, 0.05) is 5.56 Å². The molecule has 2 aromatic rings. The molecule has 0 aliphatic carbocycles. The van der Waals surface area contributed by atoms with E-state index < -0.39 is 11.9 Å². The van der Waals surface area contributed by atoms with Crippen LogP contribution in [-0.4, -0.2) is 16.9 Å². The fraction of sp³-hybridized carbons (Fsp3) is 0.200. The Hall–Kier alpha value is -2.16. The van der Waals surface area contributed by atoms with E-state index in [4.69, 9.17) is 5.11 Å². The van der Waals surface area contributed by atoms with E-state index in [0.717, 1.165) is 10.8 Å². The van der Waals surface area contributed by atoms with Crippen LogP contribution in [0.4, 0.5) is 0 Å². The topological polar surface area (TPSA) is 54.4 Å². The van der Waals surface area contributed by atoms with Gasteiger partial charge in [-0.1, -0.05) is 43.3 Å². The normalized spacial score (nSPS) is 12.3. The Balaban J connectivity index is 2.42. The van der Waals surface area contributed by atoms with E-state index in [-0.39, 0.29) is 5.78 Å². The predicted molar refractivity (Wildman–Crippen MR) is 69.7 cm³/mol. The third-order valence-corrected chi connectivity index (χ3v) is 3.06. The number of ketones is 1. The number of rotatable bonds is 4. The van der Waals surface area contributed by atoms with Crippen molar-refractivity contribution in [2.75, 3.05) is 0 Å². The van der Waals surface area contributed by atoms with Crippen LogP contribution >= 0.6 is 0 Å². The van der Waals surface area contributed by atoms with Crippen LogP contribution < -0.4 is 0 Å². The van der Waals surface area contributed by atoms with Crippen LogP contribution in [0.25, 0.3) is 10.8 Å². The molecule has 3 heteroatoms. The Morgan fingerprint density at radius 2 is 1.78 bits per heavy atom. The largest absolute Gasteiger partial charge is 0.481 e. The van der Waals surface area contributed by atoms with Crippen LogP contribution in [0.1, 0.15) is 23.7 Å². The van der Waals surface area contributed by atoms with Gasteiger partial charge in [-0.2, -0.15) is 0 Å². The summed E-state index contributed by atoms with van der Waals surface area (Å²) in [4.78, 5) is 23.1. The molecule has 0 aliphatic rings. The molecule has 0 aromatic heterocycles. The molecule has 2 rings (SSSR count). The number of aliphatic carboxylic acids is 1. The minimum Gasteiger partial charge on any atom is -0.481 e. The average Bonchev–Trinajstić information content (AvgIpc) is 2.38. The van der Waals surface area contributed by atoms with Gasteiger partial charge in [-0.25, -0.2) is 0 Å². The zero-order valence-electron chi connectivity index (χ0n) is 10.1. The first-order valence-electron chi connectivity index (χ1n) is 5.89. The second-order valence-corrected chi connectivity index (χ2v) is 4.23. The van der Waals surface area contributed by atoms with Crippen molar-refractivity contribution in [2.45, 2.75) is 13.3 Å². The number of benzene rings is 2. The highest BCUT2D eigenvalue weighted by atomic mass is 16.4. The highest BCUT2D eigenvalue weighted by Crippen LogP contribution is 2.19. The molecule has 18 heavy (non-hydrogen) atoms. The number of carboxylic acid groups (broad SMARTS) is 1. The van der Waals surface area contributed by atoms with Crippen LogP contribution in [0, 0.1) is 5.92 Å². The molecule has 92 valence electrons. The van der Waals surface area contributed by atoms with Crippen molar-refractivity contribution in [1.29, 1.82) is 0 Å². The summed E-state index contributed by atoms with van der Waals surface area (Å²) >= 11 is 0. The first kappa shape index (κ1) is 12.3. The monoisotopic (exact) mass is 242 g/mol. The van der Waals surface area contributed by atoms with Gasteiger partial charge in [0.05, 0.1) is 0 Å². The third kappa shape index (κ3) is 2.25. The number of Topliss-reactive ketones (excluding diaryl/α,β-unsaturated/α-hetero) is 1. The number of carboxylic acids is 1. The fourth-order valence-corrected chi connectivity index (χ4v) is 2.02. The van der Waals surface area contributed by atoms with Crippen molar-refractivity contribution in [3.05, 3.63) is 48.0 Å². The Morgan fingerprint density at radius 3 is 2.39 bits per heavy atom. The number of hydrogen-bond donors (Lipinski definition) is 1. The molecular weight excluding hydrogens is 228 g/mol. The number of carbonyl (C=O) groups excluding carboxylic acids is 1. The molecule has 1 atom stereocenters. The number of hydrogen-bond acceptors (Lipinski definition) is 2. The van der Waals surface area contributed by atoms with Crippen molar-refractivity contribution >= 4 is 22.5 Å². The van der Waals surface area contributed by atoms with E-state index in [9.17, 15) is 9.59 Å². The summed E-state index contributed by atoms with van der Waals surface area (Å²) in [6.07, 6.45) is 0.307. The maximum Gasteiger partial charge on any atom is 0.314 e. The highest BCUT2D eigenvalue weighted by Gasteiger charge is 2.25. The first-order chi connectivity index (χ1) is 8.63. The second-order valence-electron chi connectivity index (χ2n) is 4.23. The summed E-state index contributed by atoms with van der Waals surface area (Å²) in [7, 11) is 0. The molecule has 2 aromatic carbocycles. The van der Waals surface area contributed by atoms with E-state index in [0.29, 0.717) is 12.0 Å². The number of carbonyl (C=O) groups is 2. The minimum atomic E-state index is -1.06. The van der Waals surface area contributed by atoms with Crippen LogP contribution in [0.5, 0.6) is 0 Å². The smallest absolute Gasteiger partial charge is 0.314 e. The van der Waals surface area contributed by atoms with E-state index in [2.05, 4.69) is 0 Å². The summed E-state index contributed by atoms with van der Waals surface area (Å²) in [5.74, 6) is -2.34. The molecule has 3 nitrogen and oxygen atoms in total. The minimum absolute atomic E-state index is 0.307. The summed E-state index contributed by atoms with van der Waals surface area (Å²) in [6.45, 7) is 1.71. The molecule has 0 amide bonds. The van der Waals surface area contributed by atoms with Crippen molar-refractivity contribution in [3.63, 3.8) is 0 Å². The van der Waals surface area contributed by atoms with Gasteiger partial charge in [-0.3, -0.25) is 9.59 Å². The first-order valence-corrected chi connectivity index (χ1v) is 5.89. The van der Waals surface area contributed by atoms with Crippen molar-refractivity contribution in [2.24, 2.45) is 5.92 Å². The second kappa shape index (κ2) is 5.00. The average molecular weight is 242 g/mol. The molecule has 0 heterocycles. The van der Waals surface area contributed by atoms with Gasteiger partial charge in [0.15, 0.2) is 5.78 Å². The summed E-state index contributed by atoms with van der Waals surface area (Å²) < 4.78 is 0. The molecule has 0 saturated heterocycles. The lowest BCUT2D eigenvalue weighted by Gasteiger charge is -2.09. The molecular formula is C15H14O3. The molecule has 0 radical (unpaired) electrons. The van der Waals surface area contributed by atoms with Crippen LogP contribution in [-0.2, 0) is 4.79 Å². The fourth-order valence-electron chi connectivity index (χ4n) is 2.02. The summed E-state index contributed by atoms with van der Waals surface area (Å²) in [5.41, 5.74) is 0.461. The lowest BCUT2D eigenvalue weighted by atomic mass is 9.94. The SMILES string of the molecule is CCC(C(=O)O)C(=O)c1ccc2ccccc2c1. The predicted octanol–water partition coefficient (Wildman–Crippen LogP) is 3.13. The van der Waals surface area contributed by atoms with Gasteiger partial charge in [0.25, 0.3) is 0 Å². The van der Waals surface area contributed by atoms with E-state index in [1.54, 1.807) is 19.1 Å². The molecule has 0 aliphatic heterocycles. The van der Waals surface area contributed by atoms with Crippen molar-refractivity contribution in [3.8, 4) is 0 Å². The van der Waals surface area contributed by atoms with Gasteiger partial charge in [-0.15, -0.1) is 0 Å². The van der Waals surface area contributed by atoms with Gasteiger partial charge < -0.3 is 5.11 Å². The maximum atomic E-state index is 12.1. The van der Waals surface area contributed by atoms with Gasteiger partial charge >= 0.3 is 5.97 Å². The molecule has 1 unspecified atom stereocenters. The molecule has 0 fully saturated rings. The highest BCUT2D eigenvalue weighted by molar-refractivity contribution is 6.09. The molecule has 0 spiro atoms. The zero-order chi connectivity index (χ0) is 13.1. The molecule has 1 N–H and O–H groups in total. The Bertz CT molecular complexity index is 601. The van der Waals surface area contributed by atoms with Gasteiger partial charge in [-0.05, 0) is 23.3 Å². The van der Waals surface area contributed by atoms with Crippen LogP contribution in [0.2, 0.25) is 0 Å². The Labute approximate surface area is 105 Å². The summed E-state index contributed by atoms with van der Waals surface area (Å²) in [6, 6.07) is 13.0. The standard InChI is InChI=1S/C15H14O3/c1-2-13(15(17)18)14(16)12-8-7-10-5-3-4-6-11(10)9-12/h3-9,13H,2H2,1H3,(H,17,18). The Morgan fingerprint density at radius 1 is 1.11 bits per heavy atom. The third-order valence-electron chi connectivity index (χ3n) is 3.06. The molecule has 0 saturated carbocycles. The van der Waals surface area contributed by atoms with Crippen LogP contribution in [0.3, 0.4) is 0 Å². The van der Waals surface area contributed by atoms with Gasteiger partial charge in [0.1, 0.15) is 5.92 Å². The maximum absolute atomic E-state index is 12.1. The van der Waals surface area contributed by atoms with Gasteiger partial charge in [0.2, 0.25) is 0 Å². The van der Waals surface area contributed by atoms with E-state index in [1.807, 2.05) is 30.3 Å². The Kier molecular flexibility index (Phi) is 3.42.